The summed E-state index contributed by atoms with van der Waals surface area (Å²) in [5, 5.41) is 13.7. The zero-order valence-electron chi connectivity index (χ0n) is 21.2. The molecule has 4 rings (SSSR count). The van der Waals surface area contributed by atoms with Crippen molar-refractivity contribution in [2.24, 2.45) is 0 Å². The fraction of sp³-hybridized carbons (Fsp3) is 0.542. The zero-order valence-corrected chi connectivity index (χ0v) is 22.0. The van der Waals surface area contributed by atoms with Gasteiger partial charge < -0.3 is 19.7 Å². The Labute approximate surface area is 210 Å². The average molecular weight is 519 g/mol. The molecule has 3 aromatic rings. The summed E-state index contributed by atoms with van der Waals surface area (Å²) in [6, 6.07) is 4.74. The van der Waals surface area contributed by atoms with Crippen LogP contribution in [0.25, 0.3) is 16.9 Å². The summed E-state index contributed by atoms with van der Waals surface area (Å²) in [6.07, 6.45) is 2.14. The minimum Gasteiger partial charge on any atom is -0.493 e. The van der Waals surface area contributed by atoms with E-state index in [0.717, 1.165) is 6.42 Å². The molecule has 1 aromatic carbocycles. The Morgan fingerprint density at radius 2 is 2.03 bits per heavy atom. The number of imidazole rings is 1. The van der Waals surface area contributed by atoms with Crippen molar-refractivity contribution in [2.75, 3.05) is 39.9 Å². The summed E-state index contributed by atoms with van der Waals surface area (Å²) in [7, 11) is -1.82. The number of aromatic nitrogens is 4. The smallest absolute Gasteiger partial charge is 0.277 e. The number of aryl methyl sites for hydroxylation is 2. The minimum absolute atomic E-state index is 0.106. The van der Waals surface area contributed by atoms with Gasteiger partial charge in [0.05, 0.1) is 22.8 Å². The maximum Gasteiger partial charge on any atom is 0.277 e. The number of rotatable bonds is 11. The molecule has 3 heterocycles. The number of benzene rings is 1. The van der Waals surface area contributed by atoms with Crippen molar-refractivity contribution in [1.29, 1.82) is 0 Å². The fourth-order valence-electron chi connectivity index (χ4n) is 4.42. The topological polar surface area (TPSA) is 133 Å². The molecule has 2 N–H and O–H groups in total. The Morgan fingerprint density at radius 3 is 2.69 bits per heavy atom. The van der Waals surface area contributed by atoms with E-state index in [1.54, 1.807) is 17.5 Å². The number of nitrogens with zero attached hydrogens (tertiary/aromatic N) is 5. The third-order valence-corrected chi connectivity index (χ3v) is 8.31. The first-order valence-corrected chi connectivity index (χ1v) is 13.7. The highest BCUT2D eigenvalue weighted by Crippen LogP contribution is 2.33. The fourth-order valence-corrected chi connectivity index (χ4v) is 5.96. The number of H-pyrrole nitrogens is 1. The lowest BCUT2D eigenvalue weighted by molar-refractivity contribution is 0.104. The lowest BCUT2D eigenvalue weighted by Gasteiger charge is -2.43. The van der Waals surface area contributed by atoms with E-state index >= 15 is 0 Å². The standard InChI is InChI=1S/C24H34N6O5S/c1-5-8-21-25-16(3)22-24(32)26-23(27-30(21)22)19-13-18(9-10-20(19)35-6-2)36(33,34)29-14-17(15-29)28(4)11-7-12-31/h9-10,13,17,31H,5-8,11-12,14-15H2,1-4H3,(H,26,27,32). The molecule has 1 saturated heterocycles. The van der Waals surface area contributed by atoms with Crippen LogP contribution in [-0.2, 0) is 16.4 Å². The van der Waals surface area contributed by atoms with Crippen LogP contribution in [0.3, 0.4) is 0 Å². The predicted octanol–water partition coefficient (Wildman–Crippen LogP) is 1.43. The van der Waals surface area contributed by atoms with Crippen LogP contribution in [0.15, 0.2) is 27.9 Å². The summed E-state index contributed by atoms with van der Waals surface area (Å²) >= 11 is 0. The van der Waals surface area contributed by atoms with Gasteiger partial charge in [0.2, 0.25) is 10.0 Å². The second kappa shape index (κ2) is 10.7. The van der Waals surface area contributed by atoms with E-state index in [4.69, 9.17) is 9.84 Å². The van der Waals surface area contributed by atoms with Crippen LogP contribution in [0, 0.1) is 6.92 Å². The van der Waals surface area contributed by atoms with Crippen LogP contribution < -0.4 is 10.3 Å². The molecule has 0 spiro atoms. The Kier molecular flexibility index (Phi) is 7.79. The predicted molar refractivity (Wildman–Crippen MR) is 136 cm³/mol. The number of nitrogens with one attached hydrogen (secondary N) is 1. The van der Waals surface area contributed by atoms with Gasteiger partial charge in [-0.25, -0.2) is 17.9 Å². The van der Waals surface area contributed by atoms with Gasteiger partial charge in [-0.1, -0.05) is 6.92 Å². The number of ether oxygens (including phenoxy) is 1. The molecule has 0 amide bonds. The van der Waals surface area contributed by atoms with E-state index in [1.807, 2.05) is 20.9 Å². The molecule has 1 aliphatic rings. The zero-order chi connectivity index (χ0) is 26.0. The quantitative estimate of drug-likeness (QED) is 0.390. The van der Waals surface area contributed by atoms with Gasteiger partial charge in [-0.3, -0.25) is 4.79 Å². The molecule has 0 saturated carbocycles. The van der Waals surface area contributed by atoms with E-state index in [2.05, 4.69) is 20.0 Å². The molecule has 36 heavy (non-hydrogen) atoms. The molecular formula is C24H34N6O5S. The number of aliphatic hydroxyl groups is 1. The Morgan fingerprint density at radius 1 is 1.28 bits per heavy atom. The number of hydrogen-bond donors (Lipinski definition) is 2. The summed E-state index contributed by atoms with van der Waals surface area (Å²) < 4.78 is 35.5. The molecule has 1 fully saturated rings. The highest BCUT2D eigenvalue weighted by molar-refractivity contribution is 7.89. The maximum absolute atomic E-state index is 13.4. The Bertz CT molecular complexity index is 1390. The average Bonchev–Trinajstić information content (AvgIpc) is 3.12. The van der Waals surface area contributed by atoms with Crippen molar-refractivity contribution >= 4 is 15.5 Å². The summed E-state index contributed by atoms with van der Waals surface area (Å²) in [6.45, 7) is 7.56. The molecular weight excluding hydrogens is 484 g/mol. The van der Waals surface area contributed by atoms with Crippen LogP contribution in [0.1, 0.15) is 38.2 Å². The van der Waals surface area contributed by atoms with Crippen molar-refractivity contribution in [3.8, 4) is 17.1 Å². The monoisotopic (exact) mass is 518 g/mol. The van der Waals surface area contributed by atoms with E-state index in [9.17, 15) is 13.2 Å². The first-order valence-electron chi connectivity index (χ1n) is 12.3. The van der Waals surface area contributed by atoms with Crippen molar-refractivity contribution < 1.29 is 18.3 Å². The molecule has 0 atom stereocenters. The third-order valence-electron chi connectivity index (χ3n) is 6.48. The second-order valence-electron chi connectivity index (χ2n) is 9.05. The molecule has 0 bridgehead atoms. The Balaban J connectivity index is 1.71. The number of likely N-dealkylation sites (N-methyl/N-ethyl adjacent to an activating group) is 1. The first kappa shape index (κ1) is 26.3. The number of fused-ring (bicyclic) bond motifs is 1. The third kappa shape index (κ3) is 4.90. The highest BCUT2D eigenvalue weighted by atomic mass is 32.2. The van der Waals surface area contributed by atoms with Crippen LogP contribution in [0.5, 0.6) is 5.75 Å². The molecule has 1 aliphatic heterocycles. The second-order valence-corrected chi connectivity index (χ2v) is 11.0. The normalized spacial score (nSPS) is 15.1. The number of aromatic amines is 1. The molecule has 0 unspecified atom stereocenters. The molecule has 0 aliphatic carbocycles. The molecule has 0 radical (unpaired) electrons. The minimum atomic E-state index is -3.75. The van der Waals surface area contributed by atoms with Crippen molar-refractivity contribution in [3.05, 3.63) is 40.1 Å². The largest absolute Gasteiger partial charge is 0.493 e. The van der Waals surface area contributed by atoms with Gasteiger partial charge in [-0.2, -0.15) is 4.31 Å². The van der Waals surface area contributed by atoms with Crippen molar-refractivity contribution in [3.63, 3.8) is 0 Å². The van der Waals surface area contributed by atoms with Crippen LogP contribution >= 0.6 is 0 Å². The first-order chi connectivity index (χ1) is 17.2. The lowest BCUT2D eigenvalue weighted by atomic mass is 10.1. The van der Waals surface area contributed by atoms with Crippen LogP contribution in [0.2, 0.25) is 0 Å². The van der Waals surface area contributed by atoms with Gasteiger partial charge in [-0.15, -0.1) is 5.10 Å². The Hall–Kier alpha value is -2.80. The SMILES string of the molecule is CCCc1nc(C)c2c(=O)[nH]c(-c3cc(S(=O)(=O)N4CC(N(C)CCCO)C4)ccc3OCC)nn12. The molecule has 2 aromatic heterocycles. The van der Waals surface area contributed by atoms with E-state index in [-0.39, 0.29) is 28.9 Å². The molecule has 11 nitrogen and oxygen atoms in total. The van der Waals surface area contributed by atoms with Gasteiger partial charge in [-0.05, 0) is 51.9 Å². The van der Waals surface area contributed by atoms with Gasteiger partial charge >= 0.3 is 0 Å². The summed E-state index contributed by atoms with van der Waals surface area (Å²) in [4.78, 5) is 22.4. The van der Waals surface area contributed by atoms with E-state index < -0.39 is 10.0 Å². The van der Waals surface area contributed by atoms with Crippen LogP contribution in [0.4, 0.5) is 0 Å². The van der Waals surface area contributed by atoms with E-state index in [1.165, 1.54) is 16.4 Å². The molecule has 12 heteroatoms. The van der Waals surface area contributed by atoms with Gasteiger partial charge in [0, 0.05) is 38.7 Å². The molecule has 196 valence electrons. The van der Waals surface area contributed by atoms with Crippen molar-refractivity contribution in [1.82, 2.24) is 28.8 Å². The number of aliphatic hydroxyl groups excluding tert-OH is 1. The van der Waals surface area contributed by atoms with Crippen molar-refractivity contribution in [2.45, 2.75) is 51.0 Å². The summed E-state index contributed by atoms with van der Waals surface area (Å²) in [5.41, 5.74) is 1.01. The maximum atomic E-state index is 13.4. The van der Waals surface area contributed by atoms with Gasteiger partial charge in [0.15, 0.2) is 11.3 Å². The van der Waals surface area contributed by atoms with Gasteiger partial charge in [0.1, 0.15) is 11.6 Å². The number of hydrogen-bond acceptors (Lipinski definition) is 8. The van der Waals surface area contributed by atoms with E-state index in [0.29, 0.717) is 67.4 Å². The lowest BCUT2D eigenvalue weighted by Crippen LogP contribution is -2.60. The highest BCUT2D eigenvalue weighted by Gasteiger charge is 2.38. The van der Waals surface area contributed by atoms with Gasteiger partial charge in [0.25, 0.3) is 5.56 Å². The summed E-state index contributed by atoms with van der Waals surface area (Å²) in [5.74, 6) is 1.32. The van der Waals surface area contributed by atoms with Crippen LogP contribution in [-0.4, -0.2) is 88.2 Å². The number of sulfonamides is 1.